The number of nitrogens with one attached hydrogen (secondary N) is 1. The Hall–Kier alpha value is -1.28. The van der Waals surface area contributed by atoms with Crippen molar-refractivity contribution in [1.29, 1.82) is 0 Å². The molecule has 1 aromatic heterocycles. The van der Waals surface area contributed by atoms with E-state index >= 15 is 0 Å². The van der Waals surface area contributed by atoms with Crippen LogP contribution in [0.3, 0.4) is 0 Å². The minimum atomic E-state index is 0.488. The molecule has 0 aliphatic rings. The molecule has 2 rings (SSSR count). The number of hydrogen-bond donors (Lipinski definition) is 1. The Morgan fingerprint density at radius 1 is 1.17 bits per heavy atom. The van der Waals surface area contributed by atoms with Gasteiger partial charge in [0.1, 0.15) is 5.58 Å². The number of hydrogen-bond acceptors (Lipinski definition) is 2. The predicted octanol–water partition coefficient (Wildman–Crippen LogP) is 4.36. The van der Waals surface area contributed by atoms with Gasteiger partial charge in [0.25, 0.3) is 0 Å². The molecule has 18 heavy (non-hydrogen) atoms. The molecule has 0 radical (unpaired) electrons. The molecule has 0 amide bonds. The smallest absolute Gasteiger partial charge is 0.137 e. The van der Waals surface area contributed by atoms with E-state index in [0.29, 0.717) is 12.0 Å². The van der Waals surface area contributed by atoms with Gasteiger partial charge in [0.2, 0.25) is 0 Å². The fourth-order valence-corrected chi connectivity index (χ4v) is 2.30. The lowest BCUT2D eigenvalue weighted by molar-refractivity contribution is 0.572. The van der Waals surface area contributed by atoms with Gasteiger partial charge in [0.15, 0.2) is 0 Å². The summed E-state index contributed by atoms with van der Waals surface area (Å²) in [5.74, 6) is 0.517. The molecule has 2 aromatic rings. The maximum absolute atomic E-state index is 5.76. The highest BCUT2D eigenvalue weighted by molar-refractivity contribution is 5.87. The molecule has 2 nitrogen and oxygen atoms in total. The molecule has 0 spiro atoms. The third-order valence-electron chi connectivity index (χ3n) is 3.35. The lowest BCUT2D eigenvalue weighted by Gasteiger charge is -2.11. The average Bonchev–Trinajstić information content (AvgIpc) is 2.71. The second kappa shape index (κ2) is 5.15. The van der Waals surface area contributed by atoms with Crippen LogP contribution >= 0.6 is 0 Å². The highest BCUT2D eigenvalue weighted by Crippen LogP contribution is 2.32. The maximum atomic E-state index is 5.76. The number of rotatable bonds is 4. The van der Waals surface area contributed by atoms with Crippen LogP contribution in [0.4, 0.5) is 0 Å². The lowest BCUT2D eigenvalue weighted by atomic mass is 9.95. The number of furan rings is 1. The minimum Gasteiger partial charge on any atom is -0.464 e. The van der Waals surface area contributed by atoms with Crippen molar-refractivity contribution in [3.63, 3.8) is 0 Å². The summed E-state index contributed by atoms with van der Waals surface area (Å²) in [4.78, 5) is 0. The van der Waals surface area contributed by atoms with E-state index in [0.717, 1.165) is 12.1 Å². The Labute approximate surface area is 109 Å². The van der Waals surface area contributed by atoms with Gasteiger partial charge in [-0.2, -0.15) is 0 Å². The Morgan fingerprint density at radius 3 is 2.50 bits per heavy atom. The molecule has 0 saturated carbocycles. The average molecular weight is 245 g/mol. The molecule has 0 fully saturated rings. The molecule has 1 aromatic carbocycles. The summed E-state index contributed by atoms with van der Waals surface area (Å²) in [5, 5.41) is 4.77. The Balaban J connectivity index is 2.51. The molecule has 0 atom stereocenters. The van der Waals surface area contributed by atoms with Crippen LogP contribution in [0, 0.1) is 6.92 Å². The van der Waals surface area contributed by atoms with Gasteiger partial charge in [-0.3, -0.25) is 0 Å². The molecular weight excluding hydrogens is 222 g/mol. The maximum Gasteiger partial charge on any atom is 0.137 e. The van der Waals surface area contributed by atoms with Crippen LogP contribution in [0.25, 0.3) is 11.0 Å². The first kappa shape index (κ1) is 13.2. The summed E-state index contributed by atoms with van der Waals surface area (Å²) in [6.45, 7) is 11.8. The standard InChI is InChI=1S/C16H23NO/c1-10(2)14-7-6-12(5)16-15(14)13(9-18-16)8-17-11(3)4/h6-7,9-11,17H,8H2,1-5H3. The number of aryl methyl sites for hydroxylation is 1. The van der Waals surface area contributed by atoms with Crippen LogP contribution in [0.15, 0.2) is 22.8 Å². The number of benzene rings is 1. The molecule has 0 unspecified atom stereocenters. The second-order valence-electron chi connectivity index (χ2n) is 5.63. The lowest BCUT2D eigenvalue weighted by Crippen LogP contribution is -2.21. The van der Waals surface area contributed by atoms with E-state index in [1.54, 1.807) is 0 Å². The van der Waals surface area contributed by atoms with E-state index in [2.05, 4.69) is 52.1 Å². The zero-order chi connectivity index (χ0) is 13.3. The summed E-state index contributed by atoms with van der Waals surface area (Å²) in [6, 6.07) is 4.87. The van der Waals surface area contributed by atoms with Gasteiger partial charge >= 0.3 is 0 Å². The Morgan fingerprint density at radius 2 is 1.89 bits per heavy atom. The van der Waals surface area contributed by atoms with Crippen LogP contribution in [-0.4, -0.2) is 6.04 Å². The van der Waals surface area contributed by atoms with Gasteiger partial charge < -0.3 is 9.73 Å². The van der Waals surface area contributed by atoms with E-state index in [-0.39, 0.29) is 0 Å². The van der Waals surface area contributed by atoms with Crippen LogP contribution in [0.2, 0.25) is 0 Å². The first-order chi connectivity index (χ1) is 8.50. The molecule has 2 heteroatoms. The van der Waals surface area contributed by atoms with Crippen molar-refractivity contribution in [3.05, 3.63) is 35.1 Å². The zero-order valence-electron chi connectivity index (χ0n) is 12.0. The zero-order valence-corrected chi connectivity index (χ0v) is 12.0. The molecule has 1 heterocycles. The van der Waals surface area contributed by atoms with E-state index < -0.39 is 0 Å². The monoisotopic (exact) mass is 245 g/mol. The molecule has 0 bridgehead atoms. The largest absolute Gasteiger partial charge is 0.464 e. The summed E-state index contributed by atoms with van der Waals surface area (Å²) >= 11 is 0. The van der Waals surface area contributed by atoms with Crippen molar-refractivity contribution < 1.29 is 4.42 Å². The summed E-state index contributed by atoms with van der Waals surface area (Å²) in [7, 11) is 0. The SMILES string of the molecule is Cc1ccc(C(C)C)c2c(CNC(C)C)coc12. The van der Waals surface area contributed by atoms with Gasteiger partial charge in [-0.15, -0.1) is 0 Å². The summed E-state index contributed by atoms with van der Waals surface area (Å²) in [5.41, 5.74) is 4.91. The third kappa shape index (κ3) is 2.44. The highest BCUT2D eigenvalue weighted by Gasteiger charge is 2.14. The topological polar surface area (TPSA) is 25.2 Å². The van der Waals surface area contributed by atoms with Gasteiger partial charge in [0.05, 0.1) is 6.26 Å². The number of fused-ring (bicyclic) bond motifs is 1. The van der Waals surface area contributed by atoms with Gasteiger partial charge in [-0.1, -0.05) is 39.8 Å². The molecule has 0 aliphatic heterocycles. The van der Waals surface area contributed by atoms with Crippen molar-refractivity contribution in [1.82, 2.24) is 5.32 Å². The van der Waals surface area contributed by atoms with Gasteiger partial charge in [-0.25, -0.2) is 0 Å². The van der Waals surface area contributed by atoms with E-state index in [1.807, 2.05) is 6.26 Å². The van der Waals surface area contributed by atoms with Crippen LogP contribution in [0.5, 0.6) is 0 Å². The van der Waals surface area contributed by atoms with E-state index in [9.17, 15) is 0 Å². The van der Waals surface area contributed by atoms with Crippen molar-refractivity contribution in [2.75, 3.05) is 0 Å². The fraction of sp³-hybridized carbons (Fsp3) is 0.500. The molecule has 1 N–H and O–H groups in total. The fourth-order valence-electron chi connectivity index (χ4n) is 2.30. The molecular formula is C16H23NO. The first-order valence-electron chi connectivity index (χ1n) is 6.73. The van der Waals surface area contributed by atoms with Crippen LogP contribution in [0.1, 0.15) is 50.3 Å². The Bertz CT molecular complexity index is 537. The molecule has 0 aliphatic carbocycles. The highest BCUT2D eigenvalue weighted by atomic mass is 16.3. The van der Waals surface area contributed by atoms with Crippen LogP contribution in [-0.2, 0) is 6.54 Å². The molecule has 0 saturated heterocycles. The summed E-state index contributed by atoms with van der Waals surface area (Å²) < 4.78 is 5.76. The normalized spacial score (nSPS) is 11.9. The van der Waals surface area contributed by atoms with Gasteiger partial charge in [0, 0.05) is 23.5 Å². The predicted molar refractivity (Wildman–Crippen MR) is 77.0 cm³/mol. The van der Waals surface area contributed by atoms with Crippen molar-refractivity contribution >= 4 is 11.0 Å². The first-order valence-corrected chi connectivity index (χ1v) is 6.73. The van der Waals surface area contributed by atoms with Crippen molar-refractivity contribution in [2.24, 2.45) is 0 Å². The Kier molecular flexibility index (Phi) is 3.76. The van der Waals surface area contributed by atoms with Crippen LogP contribution < -0.4 is 5.32 Å². The third-order valence-corrected chi connectivity index (χ3v) is 3.35. The van der Waals surface area contributed by atoms with Crippen molar-refractivity contribution in [3.8, 4) is 0 Å². The minimum absolute atomic E-state index is 0.488. The summed E-state index contributed by atoms with van der Waals surface area (Å²) in [6.07, 6.45) is 1.90. The second-order valence-corrected chi connectivity index (χ2v) is 5.63. The molecule has 98 valence electrons. The van der Waals surface area contributed by atoms with E-state index in [4.69, 9.17) is 4.42 Å². The van der Waals surface area contributed by atoms with Crippen molar-refractivity contribution in [2.45, 2.75) is 53.1 Å². The quantitative estimate of drug-likeness (QED) is 0.865. The van der Waals surface area contributed by atoms with Gasteiger partial charge in [-0.05, 0) is 24.0 Å². The van der Waals surface area contributed by atoms with E-state index in [1.165, 1.54) is 22.1 Å².